The maximum atomic E-state index is 13.0. The number of nitrogens with zero attached hydrogens (tertiary/aromatic N) is 6. The molecule has 0 unspecified atom stereocenters. The van der Waals surface area contributed by atoms with Crippen molar-refractivity contribution >= 4 is 15.7 Å². The second-order valence-corrected chi connectivity index (χ2v) is 7.83. The summed E-state index contributed by atoms with van der Waals surface area (Å²) in [4.78, 5) is 8.62. The molecule has 0 aromatic carbocycles. The Morgan fingerprint density at radius 3 is 2.92 bits per heavy atom. The van der Waals surface area contributed by atoms with Crippen molar-refractivity contribution in [2.45, 2.75) is 30.3 Å². The highest BCUT2D eigenvalue weighted by atomic mass is 32.2. The molecule has 0 amide bonds. The van der Waals surface area contributed by atoms with Crippen LogP contribution in [0.2, 0.25) is 0 Å². The van der Waals surface area contributed by atoms with Crippen molar-refractivity contribution < 1.29 is 8.42 Å². The number of piperidine rings is 1. The number of hydrogen-bond acceptors (Lipinski definition) is 5. The van der Waals surface area contributed by atoms with Gasteiger partial charge in [-0.1, -0.05) is 6.42 Å². The molecule has 0 saturated carbocycles. The number of rotatable bonds is 3. The van der Waals surface area contributed by atoms with E-state index in [0.717, 1.165) is 25.0 Å². The van der Waals surface area contributed by atoms with Gasteiger partial charge < -0.3 is 4.57 Å². The first kappa shape index (κ1) is 15.3. The number of fused-ring (bicyclic) bond motifs is 1. The Bertz CT molecular complexity index is 977. The largest absolute Gasteiger partial charge is 0.339 e. The van der Waals surface area contributed by atoms with Gasteiger partial charge in [-0.15, -0.1) is 0 Å². The fourth-order valence-electron chi connectivity index (χ4n) is 3.14. The molecule has 1 atom stereocenters. The van der Waals surface area contributed by atoms with Crippen molar-refractivity contribution in [1.82, 2.24) is 28.5 Å². The summed E-state index contributed by atoms with van der Waals surface area (Å²) < 4.78 is 30.9. The SMILES string of the molecule is Cn1cnc(S(=O)(=O)N2CCCC[C@@H]2c2ccn3nccc3n2)c1. The summed E-state index contributed by atoms with van der Waals surface area (Å²) in [6, 6.07) is 3.38. The van der Waals surface area contributed by atoms with E-state index in [1.165, 1.54) is 16.8 Å². The van der Waals surface area contributed by atoms with E-state index in [1.807, 2.05) is 18.3 Å². The minimum absolute atomic E-state index is 0.0855. The molecule has 9 heteroatoms. The Labute approximate surface area is 139 Å². The Hall–Kier alpha value is -2.26. The summed E-state index contributed by atoms with van der Waals surface area (Å²) in [6.45, 7) is 0.482. The highest BCUT2D eigenvalue weighted by Crippen LogP contribution is 2.34. The third-order valence-electron chi connectivity index (χ3n) is 4.33. The Morgan fingerprint density at radius 1 is 1.25 bits per heavy atom. The van der Waals surface area contributed by atoms with E-state index in [4.69, 9.17) is 0 Å². The standard InChI is InChI=1S/C15H18N6O2S/c1-19-10-15(16-11-19)24(22,23)21-8-3-2-4-13(21)12-6-9-20-14(18-12)5-7-17-20/h5-7,9-11,13H,2-4,8H2,1H3/t13-/m1/s1. The van der Waals surface area contributed by atoms with E-state index in [2.05, 4.69) is 15.1 Å². The van der Waals surface area contributed by atoms with Gasteiger partial charge in [0.15, 0.2) is 10.7 Å². The monoisotopic (exact) mass is 346 g/mol. The molecular formula is C15H18N6O2S. The van der Waals surface area contributed by atoms with Gasteiger partial charge in [0, 0.05) is 32.1 Å². The number of aromatic nitrogens is 5. The minimum atomic E-state index is -3.64. The zero-order valence-electron chi connectivity index (χ0n) is 13.3. The highest BCUT2D eigenvalue weighted by Gasteiger charge is 2.36. The number of imidazole rings is 1. The van der Waals surface area contributed by atoms with Gasteiger partial charge in [-0.25, -0.2) is 22.9 Å². The van der Waals surface area contributed by atoms with Crippen LogP contribution in [0.3, 0.4) is 0 Å². The Kier molecular flexibility index (Phi) is 3.61. The molecule has 0 radical (unpaired) electrons. The van der Waals surface area contributed by atoms with Gasteiger partial charge in [0.1, 0.15) is 0 Å². The minimum Gasteiger partial charge on any atom is -0.339 e. The average molecular weight is 346 g/mol. The lowest BCUT2D eigenvalue weighted by Gasteiger charge is -2.33. The molecule has 8 nitrogen and oxygen atoms in total. The zero-order chi connectivity index (χ0) is 16.7. The maximum Gasteiger partial charge on any atom is 0.262 e. The Morgan fingerprint density at radius 2 is 2.12 bits per heavy atom. The molecule has 1 aliphatic rings. The maximum absolute atomic E-state index is 13.0. The summed E-state index contributed by atoms with van der Waals surface area (Å²) >= 11 is 0. The molecule has 1 aliphatic heterocycles. The number of hydrogen-bond donors (Lipinski definition) is 0. The van der Waals surface area contributed by atoms with E-state index in [1.54, 1.807) is 22.3 Å². The van der Waals surface area contributed by atoms with E-state index < -0.39 is 10.0 Å². The van der Waals surface area contributed by atoms with Crippen LogP contribution in [0.5, 0.6) is 0 Å². The van der Waals surface area contributed by atoms with Gasteiger partial charge in [0.05, 0.1) is 24.3 Å². The van der Waals surface area contributed by atoms with Crippen LogP contribution >= 0.6 is 0 Å². The van der Waals surface area contributed by atoms with Crippen LogP contribution in [0.15, 0.2) is 42.1 Å². The van der Waals surface area contributed by atoms with Crippen molar-refractivity contribution in [3.63, 3.8) is 0 Å². The van der Waals surface area contributed by atoms with Crippen LogP contribution < -0.4 is 0 Å². The summed E-state index contributed by atoms with van der Waals surface area (Å²) in [5.74, 6) is 0. The lowest BCUT2D eigenvalue weighted by atomic mass is 10.0. The second-order valence-electron chi connectivity index (χ2n) is 5.99. The third-order valence-corrected chi connectivity index (χ3v) is 6.12. The zero-order valence-corrected chi connectivity index (χ0v) is 14.1. The third kappa shape index (κ3) is 2.49. The van der Waals surface area contributed by atoms with Crippen LogP contribution in [0, 0.1) is 0 Å². The Balaban J connectivity index is 1.75. The predicted octanol–water partition coefficient (Wildman–Crippen LogP) is 1.38. The smallest absolute Gasteiger partial charge is 0.262 e. The average Bonchev–Trinajstić information content (AvgIpc) is 3.23. The summed E-state index contributed by atoms with van der Waals surface area (Å²) in [5, 5.41) is 4.22. The second kappa shape index (κ2) is 5.67. The van der Waals surface area contributed by atoms with Crippen molar-refractivity contribution in [3.8, 4) is 0 Å². The topological polar surface area (TPSA) is 85.4 Å². The number of aryl methyl sites for hydroxylation is 1. The molecule has 0 bridgehead atoms. The van der Waals surface area contributed by atoms with Gasteiger partial charge >= 0.3 is 0 Å². The molecule has 4 rings (SSSR count). The van der Waals surface area contributed by atoms with Crippen molar-refractivity contribution in [1.29, 1.82) is 0 Å². The molecule has 3 aromatic rings. The molecule has 3 aromatic heterocycles. The molecule has 1 fully saturated rings. The van der Waals surface area contributed by atoms with Crippen molar-refractivity contribution in [2.24, 2.45) is 7.05 Å². The quantitative estimate of drug-likeness (QED) is 0.715. The van der Waals surface area contributed by atoms with Crippen molar-refractivity contribution in [2.75, 3.05) is 6.54 Å². The van der Waals surface area contributed by atoms with Crippen LogP contribution in [0.4, 0.5) is 0 Å². The fourth-order valence-corrected chi connectivity index (χ4v) is 4.78. The van der Waals surface area contributed by atoms with E-state index in [-0.39, 0.29) is 11.1 Å². The van der Waals surface area contributed by atoms with Crippen LogP contribution in [-0.4, -0.2) is 43.4 Å². The predicted molar refractivity (Wildman–Crippen MR) is 86.7 cm³/mol. The molecule has 4 heterocycles. The first-order valence-electron chi connectivity index (χ1n) is 7.86. The van der Waals surface area contributed by atoms with Gasteiger partial charge in [-0.3, -0.25) is 0 Å². The van der Waals surface area contributed by atoms with Crippen LogP contribution in [0.25, 0.3) is 5.65 Å². The highest BCUT2D eigenvalue weighted by molar-refractivity contribution is 7.89. The van der Waals surface area contributed by atoms with E-state index in [9.17, 15) is 8.42 Å². The van der Waals surface area contributed by atoms with Gasteiger partial charge in [0.2, 0.25) is 0 Å². The summed E-state index contributed by atoms with van der Waals surface area (Å²) in [6.07, 6.45) is 9.11. The molecule has 24 heavy (non-hydrogen) atoms. The van der Waals surface area contributed by atoms with Crippen LogP contribution in [-0.2, 0) is 17.1 Å². The molecule has 0 spiro atoms. The lowest BCUT2D eigenvalue weighted by molar-refractivity contribution is 0.251. The molecule has 0 N–H and O–H groups in total. The lowest BCUT2D eigenvalue weighted by Crippen LogP contribution is -2.39. The van der Waals surface area contributed by atoms with E-state index >= 15 is 0 Å². The van der Waals surface area contributed by atoms with Gasteiger partial charge in [-0.2, -0.15) is 9.40 Å². The van der Waals surface area contributed by atoms with Gasteiger partial charge in [0.25, 0.3) is 10.0 Å². The van der Waals surface area contributed by atoms with Crippen molar-refractivity contribution in [3.05, 3.63) is 42.7 Å². The fraction of sp³-hybridized carbons (Fsp3) is 0.400. The first-order chi connectivity index (χ1) is 11.6. The normalized spacial score (nSPS) is 19.8. The molecule has 126 valence electrons. The molecule has 1 saturated heterocycles. The number of sulfonamides is 1. The molecular weight excluding hydrogens is 328 g/mol. The summed E-state index contributed by atoms with van der Waals surface area (Å²) in [5.41, 5.74) is 1.47. The molecule has 0 aliphatic carbocycles. The summed E-state index contributed by atoms with van der Waals surface area (Å²) in [7, 11) is -1.88. The first-order valence-corrected chi connectivity index (χ1v) is 9.30. The van der Waals surface area contributed by atoms with Crippen LogP contribution in [0.1, 0.15) is 31.0 Å². The van der Waals surface area contributed by atoms with E-state index in [0.29, 0.717) is 12.2 Å². The van der Waals surface area contributed by atoms with Gasteiger partial charge in [-0.05, 0) is 18.9 Å².